The third-order valence-corrected chi connectivity index (χ3v) is 4.02. The molecule has 2 aromatic carbocycles. The van der Waals surface area contributed by atoms with Crippen LogP contribution in [-0.2, 0) is 19.5 Å². The molecular formula is C18H21N3. The molecule has 3 aromatic rings. The van der Waals surface area contributed by atoms with E-state index in [2.05, 4.69) is 54.8 Å². The van der Waals surface area contributed by atoms with Crippen molar-refractivity contribution in [2.24, 2.45) is 5.73 Å². The van der Waals surface area contributed by atoms with Crippen LogP contribution in [0.2, 0.25) is 0 Å². The molecule has 3 nitrogen and oxygen atoms in total. The second-order valence-corrected chi connectivity index (χ2v) is 5.42. The number of benzene rings is 2. The van der Waals surface area contributed by atoms with Gasteiger partial charge in [0.2, 0.25) is 0 Å². The van der Waals surface area contributed by atoms with Gasteiger partial charge in [0, 0.05) is 19.5 Å². The molecule has 0 aliphatic heterocycles. The van der Waals surface area contributed by atoms with Crippen LogP contribution in [0.4, 0.5) is 0 Å². The second kappa shape index (κ2) is 5.70. The molecule has 0 atom stereocenters. The van der Waals surface area contributed by atoms with Crippen LogP contribution >= 0.6 is 0 Å². The van der Waals surface area contributed by atoms with E-state index < -0.39 is 0 Å². The van der Waals surface area contributed by atoms with Crippen molar-refractivity contribution < 1.29 is 0 Å². The summed E-state index contributed by atoms with van der Waals surface area (Å²) < 4.78 is 2.32. The Bertz CT molecular complexity index is 771. The first kappa shape index (κ1) is 13.8. The van der Waals surface area contributed by atoms with E-state index in [4.69, 9.17) is 10.7 Å². The van der Waals surface area contributed by atoms with E-state index in [-0.39, 0.29) is 0 Å². The van der Waals surface area contributed by atoms with Gasteiger partial charge < -0.3 is 10.3 Å². The molecule has 2 N–H and O–H groups in total. The molecule has 0 spiro atoms. The van der Waals surface area contributed by atoms with Crippen molar-refractivity contribution >= 4 is 11.0 Å². The molecule has 1 heterocycles. The molecule has 0 amide bonds. The van der Waals surface area contributed by atoms with Crippen LogP contribution in [0.5, 0.6) is 0 Å². The number of nitrogens with two attached hydrogens (primary N) is 1. The van der Waals surface area contributed by atoms with Gasteiger partial charge in [0.25, 0.3) is 0 Å². The number of fused-ring (bicyclic) bond motifs is 1. The van der Waals surface area contributed by atoms with Crippen molar-refractivity contribution in [3.63, 3.8) is 0 Å². The smallest absolute Gasteiger partial charge is 0.109 e. The molecule has 0 aliphatic carbocycles. The van der Waals surface area contributed by atoms with Gasteiger partial charge in [-0.3, -0.25) is 0 Å². The number of rotatable bonds is 4. The van der Waals surface area contributed by atoms with E-state index in [1.54, 1.807) is 0 Å². The summed E-state index contributed by atoms with van der Waals surface area (Å²) in [5.41, 5.74) is 11.8. The molecule has 0 radical (unpaired) electrons. The minimum absolute atomic E-state index is 0.593. The van der Waals surface area contributed by atoms with Crippen molar-refractivity contribution in [1.82, 2.24) is 9.55 Å². The third kappa shape index (κ3) is 2.57. The Labute approximate surface area is 125 Å². The SMILES string of the molecule is CCc1nc2ccccc2n1Cc1ccc(CN)cc1C. The lowest BCUT2D eigenvalue weighted by Gasteiger charge is -2.12. The molecule has 0 unspecified atom stereocenters. The average Bonchev–Trinajstić information content (AvgIpc) is 2.87. The largest absolute Gasteiger partial charge is 0.326 e. The highest BCUT2D eigenvalue weighted by Crippen LogP contribution is 2.20. The van der Waals surface area contributed by atoms with Crippen LogP contribution in [0, 0.1) is 6.92 Å². The quantitative estimate of drug-likeness (QED) is 0.795. The van der Waals surface area contributed by atoms with Gasteiger partial charge in [-0.05, 0) is 35.7 Å². The molecule has 0 fully saturated rings. The zero-order chi connectivity index (χ0) is 14.8. The number of nitrogens with zero attached hydrogens (tertiary/aromatic N) is 2. The maximum Gasteiger partial charge on any atom is 0.109 e. The third-order valence-electron chi connectivity index (χ3n) is 4.02. The highest BCUT2D eigenvalue weighted by molar-refractivity contribution is 5.76. The Hall–Kier alpha value is -2.13. The van der Waals surface area contributed by atoms with E-state index in [9.17, 15) is 0 Å². The maximum absolute atomic E-state index is 5.71. The van der Waals surface area contributed by atoms with Crippen molar-refractivity contribution in [1.29, 1.82) is 0 Å². The fourth-order valence-electron chi connectivity index (χ4n) is 2.80. The molecule has 21 heavy (non-hydrogen) atoms. The van der Waals surface area contributed by atoms with Gasteiger partial charge in [0.15, 0.2) is 0 Å². The zero-order valence-electron chi connectivity index (χ0n) is 12.6. The average molecular weight is 279 g/mol. The topological polar surface area (TPSA) is 43.8 Å². The van der Waals surface area contributed by atoms with Gasteiger partial charge in [-0.1, -0.05) is 37.3 Å². The fraction of sp³-hybridized carbons (Fsp3) is 0.278. The summed E-state index contributed by atoms with van der Waals surface area (Å²) in [5.74, 6) is 1.14. The van der Waals surface area contributed by atoms with Crippen LogP contribution in [0.25, 0.3) is 11.0 Å². The molecular weight excluding hydrogens is 258 g/mol. The van der Waals surface area contributed by atoms with E-state index in [0.717, 1.165) is 24.3 Å². The van der Waals surface area contributed by atoms with E-state index in [0.29, 0.717) is 6.54 Å². The highest BCUT2D eigenvalue weighted by atomic mass is 15.1. The standard InChI is InChI=1S/C18H21N3/c1-3-18-20-16-6-4-5-7-17(16)21(18)12-15-9-8-14(11-19)10-13(15)2/h4-10H,3,11-12,19H2,1-2H3. The number of imidazole rings is 1. The van der Waals surface area contributed by atoms with Gasteiger partial charge in [-0.15, -0.1) is 0 Å². The van der Waals surface area contributed by atoms with Crippen LogP contribution in [0.3, 0.4) is 0 Å². The predicted octanol–water partition coefficient (Wildman–Crippen LogP) is 3.41. The Morgan fingerprint density at radius 2 is 1.95 bits per heavy atom. The van der Waals surface area contributed by atoms with Crippen LogP contribution in [0.15, 0.2) is 42.5 Å². The van der Waals surface area contributed by atoms with Crippen LogP contribution < -0.4 is 5.73 Å². The van der Waals surface area contributed by atoms with Crippen molar-refractivity contribution in [2.75, 3.05) is 0 Å². The molecule has 0 saturated heterocycles. The summed E-state index contributed by atoms with van der Waals surface area (Å²) in [6.45, 7) is 5.76. The summed E-state index contributed by atoms with van der Waals surface area (Å²) in [6, 6.07) is 14.8. The lowest BCUT2D eigenvalue weighted by Crippen LogP contribution is -2.06. The summed E-state index contributed by atoms with van der Waals surface area (Å²) in [6.07, 6.45) is 0.939. The second-order valence-electron chi connectivity index (χ2n) is 5.42. The zero-order valence-corrected chi connectivity index (χ0v) is 12.6. The molecule has 1 aromatic heterocycles. The Morgan fingerprint density at radius 3 is 2.67 bits per heavy atom. The van der Waals surface area contributed by atoms with E-state index in [1.165, 1.54) is 22.2 Å². The molecule has 3 rings (SSSR count). The molecule has 0 aliphatic rings. The first-order valence-electron chi connectivity index (χ1n) is 7.45. The Morgan fingerprint density at radius 1 is 1.14 bits per heavy atom. The van der Waals surface area contributed by atoms with Crippen molar-refractivity contribution in [2.45, 2.75) is 33.4 Å². The number of aryl methyl sites for hydroxylation is 2. The Balaban J connectivity index is 2.05. The van der Waals surface area contributed by atoms with Gasteiger partial charge in [0.05, 0.1) is 11.0 Å². The number of hydrogen-bond donors (Lipinski definition) is 1. The first-order chi connectivity index (χ1) is 10.2. The molecule has 3 heteroatoms. The van der Waals surface area contributed by atoms with Crippen molar-refractivity contribution in [3.05, 3.63) is 65.0 Å². The lowest BCUT2D eigenvalue weighted by atomic mass is 10.0. The van der Waals surface area contributed by atoms with Crippen LogP contribution in [-0.4, -0.2) is 9.55 Å². The predicted molar refractivity (Wildman–Crippen MR) is 87.3 cm³/mol. The highest BCUT2D eigenvalue weighted by Gasteiger charge is 2.10. The normalized spacial score (nSPS) is 11.2. The molecule has 0 saturated carbocycles. The summed E-state index contributed by atoms with van der Waals surface area (Å²) >= 11 is 0. The van der Waals surface area contributed by atoms with E-state index in [1.807, 2.05) is 6.07 Å². The minimum Gasteiger partial charge on any atom is -0.326 e. The van der Waals surface area contributed by atoms with Crippen LogP contribution in [0.1, 0.15) is 29.4 Å². The monoisotopic (exact) mass is 279 g/mol. The van der Waals surface area contributed by atoms with Crippen molar-refractivity contribution in [3.8, 4) is 0 Å². The summed E-state index contributed by atoms with van der Waals surface area (Å²) in [4.78, 5) is 4.73. The summed E-state index contributed by atoms with van der Waals surface area (Å²) in [5, 5.41) is 0. The number of hydrogen-bond acceptors (Lipinski definition) is 2. The summed E-state index contributed by atoms with van der Waals surface area (Å²) in [7, 11) is 0. The fourth-order valence-corrected chi connectivity index (χ4v) is 2.80. The first-order valence-corrected chi connectivity index (χ1v) is 7.45. The maximum atomic E-state index is 5.71. The Kier molecular flexibility index (Phi) is 3.76. The van der Waals surface area contributed by atoms with Gasteiger partial charge >= 0.3 is 0 Å². The minimum atomic E-state index is 0.593. The molecule has 0 bridgehead atoms. The van der Waals surface area contributed by atoms with Gasteiger partial charge in [0.1, 0.15) is 5.82 Å². The van der Waals surface area contributed by atoms with Gasteiger partial charge in [-0.2, -0.15) is 0 Å². The number of aromatic nitrogens is 2. The van der Waals surface area contributed by atoms with E-state index >= 15 is 0 Å². The van der Waals surface area contributed by atoms with Gasteiger partial charge in [-0.25, -0.2) is 4.98 Å². The lowest BCUT2D eigenvalue weighted by molar-refractivity contribution is 0.749. The number of para-hydroxylation sites is 2. The molecule has 108 valence electrons.